The number of nitrogens with one attached hydrogen (secondary N) is 2. The van der Waals surface area contributed by atoms with Gasteiger partial charge in [0, 0.05) is 5.02 Å². The molecule has 0 saturated carbocycles. The number of nitrogens with zero attached hydrogens (tertiary/aromatic N) is 2. The van der Waals surface area contributed by atoms with Crippen LogP contribution in [0.25, 0.3) is 0 Å². The number of aromatic nitrogens is 3. The van der Waals surface area contributed by atoms with E-state index in [4.69, 9.17) is 11.6 Å². The van der Waals surface area contributed by atoms with Crippen molar-refractivity contribution < 1.29 is 22.4 Å². The molecule has 0 radical (unpaired) electrons. The first kappa shape index (κ1) is 14.3. The molecule has 2 aromatic rings. The Morgan fingerprint density at radius 1 is 1.35 bits per heavy atom. The number of H-pyrrole nitrogens is 1. The van der Waals surface area contributed by atoms with Gasteiger partial charge in [0.05, 0.1) is 5.56 Å². The van der Waals surface area contributed by atoms with Gasteiger partial charge < -0.3 is 0 Å². The van der Waals surface area contributed by atoms with Gasteiger partial charge in [-0.2, -0.15) is 18.2 Å². The molecule has 2 rings (SSSR count). The minimum absolute atomic E-state index is 0.0996. The van der Waals surface area contributed by atoms with Crippen molar-refractivity contribution in [1.29, 1.82) is 0 Å². The van der Waals surface area contributed by atoms with E-state index in [9.17, 15) is 22.4 Å². The molecule has 10 heteroatoms. The summed E-state index contributed by atoms with van der Waals surface area (Å²) < 4.78 is 50.1. The highest BCUT2D eigenvalue weighted by atomic mass is 35.5. The molecule has 106 valence electrons. The number of carbonyl (C=O) groups is 1. The van der Waals surface area contributed by atoms with Gasteiger partial charge in [-0.15, -0.1) is 5.10 Å². The molecule has 20 heavy (non-hydrogen) atoms. The number of anilines is 1. The second-order valence-electron chi connectivity index (χ2n) is 3.58. The third-order valence-electron chi connectivity index (χ3n) is 2.15. The van der Waals surface area contributed by atoms with Crippen molar-refractivity contribution in [2.75, 3.05) is 5.32 Å². The van der Waals surface area contributed by atoms with E-state index in [1.807, 2.05) is 5.32 Å². The van der Waals surface area contributed by atoms with Gasteiger partial charge in [0.25, 0.3) is 5.91 Å². The molecule has 0 unspecified atom stereocenters. The van der Waals surface area contributed by atoms with Crippen LogP contribution in [0, 0.1) is 5.82 Å². The third kappa shape index (κ3) is 3.05. The summed E-state index contributed by atoms with van der Waals surface area (Å²) in [6.45, 7) is 0. The van der Waals surface area contributed by atoms with E-state index in [1.54, 1.807) is 5.10 Å². The van der Waals surface area contributed by atoms with Crippen LogP contribution in [0.5, 0.6) is 0 Å². The fraction of sp³-hybridized carbons (Fsp3) is 0.100. The van der Waals surface area contributed by atoms with Crippen molar-refractivity contribution in [2.24, 2.45) is 0 Å². The largest absolute Gasteiger partial charge is 0.451 e. The Hall–Kier alpha value is -2.16. The maximum atomic E-state index is 13.4. The zero-order chi connectivity index (χ0) is 14.9. The lowest BCUT2D eigenvalue weighted by atomic mass is 10.2. The van der Waals surface area contributed by atoms with Crippen LogP contribution in [0.4, 0.5) is 23.5 Å². The fourth-order valence-corrected chi connectivity index (χ4v) is 1.46. The average Bonchev–Trinajstić information content (AvgIpc) is 2.80. The summed E-state index contributed by atoms with van der Waals surface area (Å²) in [5.41, 5.74) is -0.434. The van der Waals surface area contributed by atoms with Crippen molar-refractivity contribution in [3.8, 4) is 0 Å². The van der Waals surface area contributed by atoms with Gasteiger partial charge in [0.15, 0.2) is 0 Å². The number of aromatic amines is 1. The lowest BCUT2D eigenvalue weighted by Crippen LogP contribution is -2.15. The number of amides is 1. The normalized spacial score (nSPS) is 11.4. The van der Waals surface area contributed by atoms with Crippen molar-refractivity contribution >= 4 is 23.5 Å². The maximum absolute atomic E-state index is 13.4. The highest BCUT2D eigenvalue weighted by Crippen LogP contribution is 2.26. The summed E-state index contributed by atoms with van der Waals surface area (Å²) in [5.74, 6) is -3.89. The molecule has 0 aliphatic heterocycles. The van der Waals surface area contributed by atoms with Gasteiger partial charge in [-0.05, 0) is 18.2 Å². The summed E-state index contributed by atoms with van der Waals surface area (Å²) in [5, 5.41) is 6.79. The molecule has 0 fully saturated rings. The van der Waals surface area contributed by atoms with Crippen molar-refractivity contribution in [2.45, 2.75) is 6.18 Å². The molecular formula is C10H5ClF4N4O. The number of hydrogen-bond acceptors (Lipinski definition) is 3. The van der Waals surface area contributed by atoms with Gasteiger partial charge in [-0.1, -0.05) is 11.6 Å². The van der Waals surface area contributed by atoms with E-state index in [0.29, 0.717) is 0 Å². The first-order valence-electron chi connectivity index (χ1n) is 5.03. The molecule has 0 bridgehead atoms. The van der Waals surface area contributed by atoms with E-state index < -0.39 is 35.2 Å². The fourth-order valence-electron chi connectivity index (χ4n) is 1.28. The lowest BCUT2D eigenvalue weighted by molar-refractivity contribution is -0.144. The van der Waals surface area contributed by atoms with E-state index in [1.165, 1.54) is 6.07 Å². The summed E-state index contributed by atoms with van der Waals surface area (Å²) in [6, 6.07) is 3.21. The lowest BCUT2D eigenvalue weighted by Gasteiger charge is -2.03. The molecule has 0 spiro atoms. The second-order valence-corrected chi connectivity index (χ2v) is 4.02. The van der Waals surface area contributed by atoms with Crippen LogP contribution in [0.2, 0.25) is 5.02 Å². The minimum atomic E-state index is -4.72. The van der Waals surface area contributed by atoms with Crippen LogP contribution in [0.3, 0.4) is 0 Å². The molecule has 2 N–H and O–H groups in total. The highest BCUT2D eigenvalue weighted by molar-refractivity contribution is 6.31. The summed E-state index contributed by atoms with van der Waals surface area (Å²) in [6.07, 6.45) is -4.72. The Balaban J connectivity index is 2.20. The number of alkyl halides is 3. The Labute approximate surface area is 114 Å². The highest BCUT2D eigenvalue weighted by Gasteiger charge is 2.35. The maximum Gasteiger partial charge on any atom is 0.451 e. The predicted octanol–water partition coefficient (Wildman–Crippen LogP) is 2.87. The van der Waals surface area contributed by atoms with Crippen LogP contribution in [-0.4, -0.2) is 21.1 Å². The summed E-state index contributed by atoms with van der Waals surface area (Å²) in [7, 11) is 0. The molecule has 0 aliphatic carbocycles. The second kappa shape index (κ2) is 5.08. The molecular weight excluding hydrogens is 304 g/mol. The molecule has 0 aliphatic rings. The van der Waals surface area contributed by atoms with Gasteiger partial charge in [0.2, 0.25) is 11.8 Å². The third-order valence-corrected chi connectivity index (χ3v) is 2.39. The molecule has 1 heterocycles. The molecule has 0 saturated heterocycles. The van der Waals surface area contributed by atoms with E-state index >= 15 is 0 Å². The van der Waals surface area contributed by atoms with E-state index in [-0.39, 0.29) is 5.02 Å². The van der Waals surface area contributed by atoms with Gasteiger partial charge in [-0.25, -0.2) is 4.39 Å². The molecule has 0 atom stereocenters. The smallest absolute Gasteiger partial charge is 0.289 e. The van der Waals surface area contributed by atoms with Gasteiger partial charge in [-0.3, -0.25) is 15.2 Å². The van der Waals surface area contributed by atoms with Crippen LogP contribution in [0.15, 0.2) is 18.2 Å². The molecule has 1 aromatic heterocycles. The van der Waals surface area contributed by atoms with Crippen LogP contribution < -0.4 is 5.32 Å². The number of benzene rings is 1. The predicted molar refractivity (Wildman–Crippen MR) is 60.7 cm³/mol. The van der Waals surface area contributed by atoms with Crippen molar-refractivity contribution in [3.63, 3.8) is 0 Å². The first-order chi connectivity index (χ1) is 9.27. The Morgan fingerprint density at radius 3 is 2.65 bits per heavy atom. The molecule has 1 amide bonds. The summed E-state index contributed by atoms with van der Waals surface area (Å²) >= 11 is 5.59. The minimum Gasteiger partial charge on any atom is -0.289 e. The standard InChI is InChI=1S/C10H5ClF4N4O/c11-4-1-2-6(12)5(3-4)7(20)16-9-17-8(18-19-9)10(13,14)15/h1-3H,(H2,16,17,18,19,20). The zero-order valence-corrected chi connectivity index (χ0v) is 10.2. The first-order valence-corrected chi connectivity index (χ1v) is 5.41. The van der Waals surface area contributed by atoms with E-state index in [0.717, 1.165) is 12.1 Å². The Morgan fingerprint density at radius 2 is 2.05 bits per heavy atom. The number of hydrogen-bond donors (Lipinski definition) is 2. The van der Waals surface area contributed by atoms with Crippen LogP contribution in [-0.2, 0) is 6.18 Å². The Bertz CT molecular complexity index is 655. The average molecular weight is 309 g/mol. The Kier molecular flexibility index (Phi) is 3.62. The number of carbonyl (C=O) groups excluding carboxylic acids is 1. The number of halogens is 5. The summed E-state index contributed by atoms with van der Waals surface area (Å²) in [4.78, 5) is 14.7. The molecule has 5 nitrogen and oxygen atoms in total. The number of rotatable bonds is 2. The SMILES string of the molecule is O=C(Nc1n[nH]c(C(F)(F)F)n1)c1cc(Cl)ccc1F. The van der Waals surface area contributed by atoms with Crippen molar-refractivity contribution in [3.05, 3.63) is 40.4 Å². The van der Waals surface area contributed by atoms with Gasteiger partial charge in [0.1, 0.15) is 5.82 Å². The van der Waals surface area contributed by atoms with Gasteiger partial charge >= 0.3 is 6.18 Å². The van der Waals surface area contributed by atoms with Crippen LogP contribution >= 0.6 is 11.6 Å². The van der Waals surface area contributed by atoms with E-state index in [2.05, 4.69) is 10.1 Å². The topological polar surface area (TPSA) is 70.7 Å². The molecule has 1 aromatic carbocycles. The van der Waals surface area contributed by atoms with Crippen molar-refractivity contribution in [1.82, 2.24) is 15.2 Å². The quantitative estimate of drug-likeness (QED) is 0.838. The van der Waals surface area contributed by atoms with Crippen LogP contribution in [0.1, 0.15) is 16.2 Å². The zero-order valence-electron chi connectivity index (χ0n) is 9.42. The monoisotopic (exact) mass is 308 g/mol.